The van der Waals surface area contributed by atoms with Crippen molar-refractivity contribution in [2.45, 2.75) is 13.2 Å². The second-order valence-electron chi connectivity index (χ2n) is 5.48. The first-order valence-electron chi connectivity index (χ1n) is 8.02. The first-order chi connectivity index (χ1) is 12.7. The lowest BCUT2D eigenvalue weighted by Crippen LogP contribution is -2.06. The molecule has 0 N–H and O–H groups in total. The molecule has 134 valence electrons. The molecule has 0 unspecified atom stereocenters. The maximum absolute atomic E-state index is 11.1. The highest BCUT2D eigenvalue weighted by atomic mass is 16.6. The SMILES string of the molecule is COc1c(-c2ncn(CCOCc3ccccc3)n2)cccc1[N+](=O)[O-]. The maximum atomic E-state index is 11.1. The molecule has 1 aromatic heterocycles. The molecular formula is C18H18N4O4. The highest BCUT2D eigenvalue weighted by molar-refractivity contribution is 5.70. The molecular weight excluding hydrogens is 336 g/mol. The molecule has 0 saturated carbocycles. The van der Waals surface area contributed by atoms with Crippen molar-refractivity contribution in [3.05, 3.63) is 70.5 Å². The zero-order chi connectivity index (χ0) is 18.4. The molecule has 0 aliphatic rings. The fraction of sp³-hybridized carbons (Fsp3) is 0.222. The molecule has 3 rings (SSSR count). The van der Waals surface area contributed by atoms with Gasteiger partial charge in [-0.1, -0.05) is 36.4 Å². The molecule has 26 heavy (non-hydrogen) atoms. The number of nitro benzene ring substituents is 1. The fourth-order valence-electron chi connectivity index (χ4n) is 2.51. The Hall–Kier alpha value is -3.26. The Morgan fingerprint density at radius 1 is 1.15 bits per heavy atom. The third-order valence-electron chi connectivity index (χ3n) is 3.75. The fourth-order valence-corrected chi connectivity index (χ4v) is 2.51. The Morgan fingerprint density at radius 3 is 2.69 bits per heavy atom. The number of hydrogen-bond donors (Lipinski definition) is 0. The monoisotopic (exact) mass is 354 g/mol. The second-order valence-corrected chi connectivity index (χ2v) is 5.48. The largest absolute Gasteiger partial charge is 0.490 e. The van der Waals surface area contributed by atoms with Crippen molar-refractivity contribution in [2.24, 2.45) is 0 Å². The molecule has 0 saturated heterocycles. The van der Waals surface area contributed by atoms with Gasteiger partial charge in [0.1, 0.15) is 6.33 Å². The Kier molecular flexibility index (Phi) is 5.55. The number of methoxy groups -OCH3 is 1. The average molecular weight is 354 g/mol. The summed E-state index contributed by atoms with van der Waals surface area (Å²) in [6.45, 7) is 1.53. The van der Waals surface area contributed by atoms with Gasteiger partial charge in [0.25, 0.3) is 0 Å². The van der Waals surface area contributed by atoms with Crippen LogP contribution in [-0.2, 0) is 17.9 Å². The van der Waals surface area contributed by atoms with E-state index in [0.717, 1.165) is 5.56 Å². The molecule has 0 bridgehead atoms. The third-order valence-corrected chi connectivity index (χ3v) is 3.75. The quantitative estimate of drug-likeness (QED) is 0.351. The molecule has 0 atom stereocenters. The number of hydrogen-bond acceptors (Lipinski definition) is 6. The summed E-state index contributed by atoms with van der Waals surface area (Å²) in [5.74, 6) is 0.518. The van der Waals surface area contributed by atoms with Crippen LogP contribution in [0.2, 0.25) is 0 Å². The molecule has 0 fully saturated rings. The summed E-state index contributed by atoms with van der Waals surface area (Å²) in [4.78, 5) is 14.9. The third kappa shape index (κ3) is 4.04. The number of para-hydroxylation sites is 1. The first kappa shape index (κ1) is 17.6. The van der Waals surface area contributed by atoms with Crippen LogP contribution in [0, 0.1) is 10.1 Å². The second kappa shape index (κ2) is 8.21. The first-order valence-corrected chi connectivity index (χ1v) is 8.02. The minimum absolute atomic E-state index is 0.118. The highest BCUT2D eigenvalue weighted by Gasteiger charge is 2.21. The minimum Gasteiger partial charge on any atom is -0.490 e. The number of nitro groups is 1. The van der Waals surface area contributed by atoms with Crippen LogP contribution in [0.25, 0.3) is 11.4 Å². The predicted octanol–water partition coefficient (Wildman–Crippen LogP) is 3.08. The number of benzene rings is 2. The van der Waals surface area contributed by atoms with Crippen LogP contribution in [0.3, 0.4) is 0 Å². The number of ether oxygens (including phenoxy) is 2. The van der Waals surface area contributed by atoms with Gasteiger partial charge in [-0.05, 0) is 11.6 Å². The summed E-state index contributed by atoms with van der Waals surface area (Å²) in [6, 6.07) is 14.6. The molecule has 0 aliphatic carbocycles. The van der Waals surface area contributed by atoms with Gasteiger partial charge >= 0.3 is 5.69 Å². The van der Waals surface area contributed by atoms with E-state index in [0.29, 0.717) is 31.1 Å². The summed E-state index contributed by atoms with van der Waals surface area (Å²) >= 11 is 0. The predicted molar refractivity (Wildman–Crippen MR) is 94.8 cm³/mol. The number of rotatable bonds is 8. The zero-order valence-corrected chi connectivity index (χ0v) is 14.2. The lowest BCUT2D eigenvalue weighted by Gasteiger charge is -2.06. The van der Waals surface area contributed by atoms with Gasteiger partial charge in [0.15, 0.2) is 5.82 Å². The molecule has 0 radical (unpaired) electrons. The summed E-state index contributed by atoms with van der Waals surface area (Å²) in [6.07, 6.45) is 1.57. The van der Waals surface area contributed by atoms with E-state index in [1.807, 2.05) is 30.3 Å². The molecule has 0 amide bonds. The van der Waals surface area contributed by atoms with Crippen molar-refractivity contribution in [3.8, 4) is 17.1 Å². The smallest absolute Gasteiger partial charge is 0.311 e. The number of aromatic nitrogens is 3. The van der Waals surface area contributed by atoms with Crippen molar-refractivity contribution < 1.29 is 14.4 Å². The van der Waals surface area contributed by atoms with Gasteiger partial charge in [0.05, 0.1) is 37.4 Å². The van der Waals surface area contributed by atoms with Crippen LogP contribution in [0.15, 0.2) is 54.9 Å². The van der Waals surface area contributed by atoms with E-state index in [4.69, 9.17) is 9.47 Å². The van der Waals surface area contributed by atoms with E-state index in [2.05, 4.69) is 10.1 Å². The van der Waals surface area contributed by atoms with Crippen LogP contribution in [0.1, 0.15) is 5.56 Å². The zero-order valence-electron chi connectivity index (χ0n) is 14.2. The van der Waals surface area contributed by atoms with Crippen LogP contribution in [0.5, 0.6) is 5.75 Å². The van der Waals surface area contributed by atoms with Gasteiger partial charge in [-0.3, -0.25) is 14.8 Å². The molecule has 3 aromatic rings. The van der Waals surface area contributed by atoms with E-state index >= 15 is 0 Å². The van der Waals surface area contributed by atoms with Crippen LogP contribution in [-0.4, -0.2) is 33.4 Å². The van der Waals surface area contributed by atoms with Crippen molar-refractivity contribution in [3.63, 3.8) is 0 Å². The lowest BCUT2D eigenvalue weighted by atomic mass is 10.1. The van der Waals surface area contributed by atoms with E-state index in [1.165, 1.54) is 13.2 Å². The lowest BCUT2D eigenvalue weighted by molar-refractivity contribution is -0.385. The van der Waals surface area contributed by atoms with Crippen LogP contribution >= 0.6 is 0 Å². The average Bonchev–Trinajstić information content (AvgIpc) is 3.14. The topological polar surface area (TPSA) is 92.3 Å². The minimum atomic E-state index is -0.489. The van der Waals surface area contributed by atoms with Crippen molar-refractivity contribution >= 4 is 5.69 Å². The van der Waals surface area contributed by atoms with Gasteiger partial charge < -0.3 is 9.47 Å². The molecule has 0 spiro atoms. The van der Waals surface area contributed by atoms with Gasteiger partial charge in [0, 0.05) is 6.07 Å². The molecule has 8 nitrogen and oxygen atoms in total. The van der Waals surface area contributed by atoms with Gasteiger partial charge in [0.2, 0.25) is 5.75 Å². The van der Waals surface area contributed by atoms with Gasteiger partial charge in [-0.2, -0.15) is 5.10 Å². The standard InChI is InChI=1S/C18H18N4O4/c1-25-17-15(8-5-9-16(17)22(23)24)18-19-13-21(20-18)10-11-26-12-14-6-3-2-4-7-14/h2-9,13H,10-12H2,1H3. The molecule has 1 heterocycles. The molecule has 0 aliphatic heterocycles. The van der Waals surface area contributed by atoms with E-state index < -0.39 is 4.92 Å². The normalized spacial score (nSPS) is 10.7. The summed E-state index contributed by atoms with van der Waals surface area (Å²) in [7, 11) is 1.39. The van der Waals surface area contributed by atoms with Crippen molar-refractivity contribution in [1.82, 2.24) is 14.8 Å². The Morgan fingerprint density at radius 2 is 1.96 bits per heavy atom. The van der Waals surface area contributed by atoms with Crippen LogP contribution < -0.4 is 4.74 Å². The van der Waals surface area contributed by atoms with E-state index in [9.17, 15) is 10.1 Å². The Labute approximate surface area is 150 Å². The molecule has 8 heteroatoms. The highest BCUT2D eigenvalue weighted by Crippen LogP contribution is 2.35. The van der Waals surface area contributed by atoms with E-state index in [1.54, 1.807) is 23.1 Å². The summed E-state index contributed by atoms with van der Waals surface area (Å²) < 4.78 is 12.5. The summed E-state index contributed by atoms with van der Waals surface area (Å²) in [5.41, 5.74) is 1.46. The Bertz CT molecular complexity index is 880. The van der Waals surface area contributed by atoms with Crippen molar-refractivity contribution in [2.75, 3.05) is 13.7 Å². The molecule has 2 aromatic carbocycles. The number of nitrogens with zero attached hydrogens (tertiary/aromatic N) is 4. The van der Waals surface area contributed by atoms with E-state index in [-0.39, 0.29) is 11.4 Å². The van der Waals surface area contributed by atoms with Crippen LogP contribution in [0.4, 0.5) is 5.69 Å². The van der Waals surface area contributed by atoms with Gasteiger partial charge in [-0.15, -0.1) is 0 Å². The van der Waals surface area contributed by atoms with Gasteiger partial charge in [-0.25, -0.2) is 4.98 Å². The maximum Gasteiger partial charge on any atom is 0.311 e. The Balaban J connectivity index is 1.65. The summed E-state index contributed by atoms with van der Waals surface area (Å²) in [5, 5.41) is 15.5. The van der Waals surface area contributed by atoms with Crippen molar-refractivity contribution in [1.29, 1.82) is 0 Å².